The molecule has 16 nitrogen and oxygen atoms in total. The fourth-order valence-electron chi connectivity index (χ4n) is 6.70. The maximum absolute atomic E-state index is 14.7. The van der Waals surface area contributed by atoms with Gasteiger partial charge in [0, 0.05) is 61.5 Å². The van der Waals surface area contributed by atoms with Crippen LogP contribution in [0, 0.1) is 34.3 Å². The first kappa shape index (κ1) is 25.1. The number of nitrogens with one attached hydrogen (secondary N) is 2. The minimum absolute atomic E-state index is 0.00276. The minimum Gasteiger partial charge on any atom is -0.391 e. The molecular formula is C42H34F2N12O4. The molecule has 1 unspecified atom stereocenters. The highest BCUT2D eigenvalue weighted by molar-refractivity contribution is 6.02. The molecule has 0 radical (unpaired) electrons. The highest BCUT2D eigenvalue weighted by Crippen LogP contribution is 2.34. The van der Waals surface area contributed by atoms with Crippen LogP contribution < -0.4 is 20.4 Å². The molecule has 0 aliphatic carbocycles. The summed E-state index contributed by atoms with van der Waals surface area (Å²) in [6, 6.07) is 16.4. The molecule has 0 saturated carbocycles. The number of fused-ring (bicyclic) bond motifs is 2. The summed E-state index contributed by atoms with van der Waals surface area (Å²) in [6.45, 7) is -12.9. The number of anilines is 2. The summed E-state index contributed by atoms with van der Waals surface area (Å²) < 4.78 is 144. The molecule has 2 fully saturated rings. The molecule has 18 heteroatoms. The van der Waals surface area contributed by atoms with Crippen LogP contribution in [-0.2, 0) is 13.1 Å². The van der Waals surface area contributed by atoms with Crippen LogP contribution in [0.15, 0.2) is 73.1 Å². The predicted octanol–water partition coefficient (Wildman–Crippen LogP) is 3.52. The van der Waals surface area contributed by atoms with Crippen LogP contribution in [0.3, 0.4) is 0 Å². The molecule has 0 spiro atoms. The number of carbonyl (C=O) groups is 2. The number of amides is 2. The first-order valence-electron chi connectivity index (χ1n) is 24.5. The molecule has 4 aliphatic rings. The fraction of sp³-hybridized carbons (Fsp3) is 0.238. The number of hydrogen-bond acceptors (Lipinski definition) is 12. The summed E-state index contributed by atoms with van der Waals surface area (Å²) >= 11 is 0. The lowest BCUT2D eigenvalue weighted by Gasteiger charge is -2.14. The Kier molecular flexibility index (Phi) is 6.40. The number of aliphatic hydroxyl groups is 2. The van der Waals surface area contributed by atoms with Gasteiger partial charge >= 0.3 is 0 Å². The number of nitriles is 2. The average molecular weight is 823 g/mol. The largest absolute Gasteiger partial charge is 0.391 e. The SMILES string of the molecule is [2H]C1([2H])N(c2ccn(-c3cc(-c4c(F)cccc4C#N)nc4c3C(=O)NC4)n2)C([2H])([2H])C([2H])(O)C1([2H])[2H].[2H]C1([2H])N(c2ccn(-c3cc(-c4c(F)cccc4C#N)nc4c3C(=O)NC4)n2)C([2H])([2H])[C@@]([2H])(O)C1([2H])[2H]. The molecule has 4 aromatic heterocycles. The topological polar surface area (TPSA) is 214 Å². The number of aromatic nitrogens is 6. The Morgan fingerprint density at radius 2 is 1.13 bits per heavy atom. The van der Waals surface area contributed by atoms with Gasteiger partial charge < -0.3 is 30.6 Å². The molecule has 6 aromatic rings. The van der Waals surface area contributed by atoms with E-state index in [4.69, 9.17) is 19.2 Å². The maximum atomic E-state index is 14.7. The third kappa shape index (κ3) is 6.83. The molecule has 0 bridgehead atoms. The van der Waals surface area contributed by atoms with Crippen LogP contribution >= 0.6 is 0 Å². The van der Waals surface area contributed by atoms with Gasteiger partial charge in [-0.3, -0.25) is 9.59 Å². The van der Waals surface area contributed by atoms with Gasteiger partial charge in [0.2, 0.25) is 0 Å². The molecule has 10 rings (SSSR count). The van der Waals surface area contributed by atoms with Gasteiger partial charge in [-0.05, 0) is 49.1 Å². The van der Waals surface area contributed by atoms with Gasteiger partial charge in [0.25, 0.3) is 11.8 Å². The van der Waals surface area contributed by atoms with Crippen molar-refractivity contribution in [3.05, 3.63) is 118 Å². The number of carbonyl (C=O) groups excluding carboxylic acids is 2. The normalized spacial score (nSPS) is 28.6. The second-order valence-electron chi connectivity index (χ2n) is 12.9. The van der Waals surface area contributed by atoms with E-state index in [1.54, 1.807) is 0 Å². The Morgan fingerprint density at radius 1 is 0.700 bits per heavy atom. The molecule has 60 heavy (non-hydrogen) atoms. The number of pyridine rings is 2. The van der Waals surface area contributed by atoms with Gasteiger partial charge in [0.1, 0.15) is 11.6 Å². The second-order valence-corrected chi connectivity index (χ2v) is 12.9. The van der Waals surface area contributed by atoms with E-state index in [-0.39, 0.29) is 90.4 Å². The minimum atomic E-state index is -3.50. The van der Waals surface area contributed by atoms with E-state index >= 15 is 0 Å². The summed E-state index contributed by atoms with van der Waals surface area (Å²) in [4.78, 5) is 34.3. The van der Waals surface area contributed by atoms with E-state index in [0.29, 0.717) is 0 Å². The zero-order valence-electron chi connectivity index (χ0n) is 44.3. The van der Waals surface area contributed by atoms with Gasteiger partial charge in [-0.2, -0.15) is 20.7 Å². The molecule has 2 aromatic carbocycles. The Morgan fingerprint density at radius 3 is 1.52 bits per heavy atom. The molecule has 2 saturated heterocycles. The smallest absolute Gasteiger partial charge is 0.255 e. The van der Waals surface area contributed by atoms with E-state index in [0.717, 1.165) is 33.6 Å². The third-order valence-electron chi connectivity index (χ3n) is 9.32. The van der Waals surface area contributed by atoms with Crippen molar-refractivity contribution in [1.29, 1.82) is 10.5 Å². The van der Waals surface area contributed by atoms with Crippen molar-refractivity contribution in [2.75, 3.05) is 35.8 Å². The van der Waals surface area contributed by atoms with Crippen LogP contribution in [0.1, 0.15) is 75.2 Å². The lowest BCUT2D eigenvalue weighted by molar-refractivity contribution is 0.0957. The van der Waals surface area contributed by atoms with Crippen molar-refractivity contribution < 1.29 is 47.8 Å². The average Bonchev–Trinajstić information content (AvgIpc) is 4.17. The second kappa shape index (κ2) is 15.3. The van der Waals surface area contributed by atoms with Crippen molar-refractivity contribution in [3.8, 4) is 46.0 Å². The summed E-state index contributed by atoms with van der Waals surface area (Å²) in [7, 11) is 0. The molecule has 4 aliphatic heterocycles. The van der Waals surface area contributed by atoms with Crippen LogP contribution in [0.25, 0.3) is 33.9 Å². The zero-order chi connectivity index (χ0) is 54.3. The number of β-amino-alcohol motifs (C(OH)–C–C–N with tert-alkyl or cyclic N) is 2. The standard InChI is InChI=1S/2C21H17FN6O2/c2*22-14-3-1-2-12(9-23)19(14)15-8-17(20-16(25-15)10-24-21(20)30)28-7-5-18(26-28)27-6-4-13(29)11-27/h2*1-3,5,7-8,13,29H,4,6,10-11H2,(H,24,30)/t13-;/m0./s1/i2*4D2,6D2,11D2,13D. The highest BCUT2D eigenvalue weighted by atomic mass is 19.1. The van der Waals surface area contributed by atoms with Gasteiger partial charge in [0.05, 0.1) is 113 Å². The van der Waals surface area contributed by atoms with E-state index in [1.807, 2.05) is 12.1 Å². The number of benzene rings is 2. The van der Waals surface area contributed by atoms with Gasteiger partial charge in [-0.15, -0.1) is 0 Å². The molecule has 2 amide bonds. The van der Waals surface area contributed by atoms with Gasteiger partial charge in [-0.25, -0.2) is 28.1 Å². The summed E-state index contributed by atoms with van der Waals surface area (Å²) in [6.07, 6.45) is -11.3. The number of halogens is 2. The Hall–Kier alpha value is -7.54. The van der Waals surface area contributed by atoms with Crippen molar-refractivity contribution in [2.45, 2.75) is 38.0 Å². The summed E-state index contributed by atoms with van der Waals surface area (Å²) in [5.41, 5.74) is 0.481. The monoisotopic (exact) mass is 822 g/mol. The predicted molar refractivity (Wildman–Crippen MR) is 211 cm³/mol. The Balaban J connectivity index is 0.000000182. The van der Waals surface area contributed by atoms with Gasteiger partial charge in [-0.1, -0.05) is 12.1 Å². The van der Waals surface area contributed by atoms with Crippen LogP contribution in [-0.4, -0.2) is 89.7 Å². The first-order valence-corrected chi connectivity index (χ1v) is 17.5. The van der Waals surface area contributed by atoms with E-state index in [9.17, 15) is 39.1 Å². The van der Waals surface area contributed by atoms with Crippen LogP contribution in [0.4, 0.5) is 20.4 Å². The lowest BCUT2D eigenvalue weighted by atomic mass is 10.0. The van der Waals surface area contributed by atoms with Gasteiger partial charge in [0.15, 0.2) is 11.6 Å². The first-order chi connectivity index (χ1) is 34.3. The fourth-order valence-corrected chi connectivity index (χ4v) is 6.70. The Bertz CT molecular complexity index is 3210. The quantitative estimate of drug-likeness (QED) is 0.190. The van der Waals surface area contributed by atoms with Crippen molar-refractivity contribution in [2.24, 2.45) is 0 Å². The number of hydrogen-bond donors (Lipinski definition) is 4. The van der Waals surface area contributed by atoms with Crippen molar-refractivity contribution >= 4 is 23.5 Å². The molecule has 2 atom stereocenters. The zero-order valence-corrected chi connectivity index (χ0v) is 30.3. The van der Waals surface area contributed by atoms with Crippen molar-refractivity contribution in [3.63, 3.8) is 0 Å². The summed E-state index contributed by atoms with van der Waals surface area (Å²) in [5.74, 6) is -3.47. The van der Waals surface area contributed by atoms with Crippen molar-refractivity contribution in [1.82, 2.24) is 40.2 Å². The van der Waals surface area contributed by atoms with Crippen LogP contribution in [0.5, 0.6) is 0 Å². The maximum Gasteiger partial charge on any atom is 0.255 e. The number of rotatable bonds is 6. The van der Waals surface area contributed by atoms with Crippen LogP contribution in [0.2, 0.25) is 0 Å². The molecule has 8 heterocycles. The number of nitrogens with zero attached hydrogens (tertiary/aromatic N) is 10. The van der Waals surface area contributed by atoms with E-state index in [2.05, 4.69) is 30.8 Å². The molecule has 300 valence electrons. The Labute approximate surface area is 360 Å². The third-order valence-corrected chi connectivity index (χ3v) is 9.32. The lowest BCUT2D eigenvalue weighted by Crippen LogP contribution is -2.21. The molecule has 4 N–H and O–H groups in total. The highest BCUT2D eigenvalue weighted by Gasteiger charge is 2.31. The van der Waals surface area contributed by atoms with E-state index in [1.165, 1.54) is 48.8 Å². The molecular weight excluding hydrogens is 775 g/mol. The van der Waals surface area contributed by atoms with E-state index < -0.39 is 86.0 Å². The summed E-state index contributed by atoms with van der Waals surface area (Å²) in [5, 5.41) is 53.0.